The summed E-state index contributed by atoms with van der Waals surface area (Å²) in [6.07, 6.45) is 1.14. The first-order valence-corrected chi connectivity index (χ1v) is 10.7. The molecule has 7 heteroatoms. The van der Waals surface area contributed by atoms with E-state index >= 15 is 0 Å². The lowest BCUT2D eigenvalue weighted by Crippen LogP contribution is -2.46. The van der Waals surface area contributed by atoms with Crippen LogP contribution in [-0.2, 0) is 13.1 Å². The predicted molar refractivity (Wildman–Crippen MR) is 117 cm³/mol. The Labute approximate surface area is 181 Å². The molecular weight excluding hydrogens is 394 g/mol. The Balaban J connectivity index is 1.39. The number of methoxy groups -OCH3 is 2. The predicted octanol–water partition coefficient (Wildman–Crippen LogP) is 3.45. The number of hydrogen-bond acceptors (Lipinski definition) is 6. The van der Waals surface area contributed by atoms with Gasteiger partial charge >= 0.3 is 0 Å². The molecule has 2 aliphatic rings. The minimum atomic E-state index is 0.116. The molecule has 0 spiro atoms. The van der Waals surface area contributed by atoms with Crippen LogP contribution in [0, 0.1) is 12.8 Å². The molecule has 4 heterocycles. The zero-order valence-corrected chi connectivity index (χ0v) is 18.1. The van der Waals surface area contributed by atoms with Gasteiger partial charge in [-0.1, -0.05) is 6.07 Å². The van der Waals surface area contributed by atoms with Gasteiger partial charge in [0.2, 0.25) is 5.89 Å². The van der Waals surface area contributed by atoms with Gasteiger partial charge in [-0.2, -0.15) is 0 Å². The van der Waals surface area contributed by atoms with Crippen LogP contribution >= 0.6 is 0 Å². The van der Waals surface area contributed by atoms with Crippen LogP contribution in [0.1, 0.15) is 29.5 Å². The fourth-order valence-corrected chi connectivity index (χ4v) is 5.01. The third-order valence-electron chi connectivity index (χ3n) is 6.46. The number of likely N-dealkylation sites (tertiary alicyclic amines) is 1. The molecule has 5 rings (SSSR count). The second-order valence-electron chi connectivity index (χ2n) is 8.48. The number of aromatic nitrogens is 2. The molecule has 2 atom stereocenters. The summed E-state index contributed by atoms with van der Waals surface area (Å²) >= 11 is 0. The van der Waals surface area contributed by atoms with Crippen LogP contribution in [0.2, 0.25) is 0 Å². The molecule has 162 valence electrons. The number of nitrogens with zero attached hydrogens (tertiary/aromatic N) is 3. The molecule has 7 nitrogen and oxygen atoms in total. The van der Waals surface area contributed by atoms with Gasteiger partial charge in [-0.15, -0.1) is 0 Å². The Bertz CT molecular complexity index is 1170. The van der Waals surface area contributed by atoms with E-state index in [2.05, 4.69) is 11.0 Å². The lowest BCUT2D eigenvalue weighted by atomic mass is 9.83. The van der Waals surface area contributed by atoms with Gasteiger partial charge < -0.3 is 18.5 Å². The summed E-state index contributed by atoms with van der Waals surface area (Å²) in [6.45, 7) is 5.36. The smallest absolute Gasteiger partial charge is 0.250 e. The number of benzene rings is 1. The molecule has 0 N–H and O–H groups in total. The molecule has 2 aliphatic heterocycles. The van der Waals surface area contributed by atoms with Gasteiger partial charge in [0.1, 0.15) is 17.3 Å². The Kier molecular flexibility index (Phi) is 5.06. The summed E-state index contributed by atoms with van der Waals surface area (Å²) in [5.41, 5.74) is 2.99. The van der Waals surface area contributed by atoms with Crippen LogP contribution in [-0.4, -0.2) is 41.8 Å². The fourth-order valence-electron chi connectivity index (χ4n) is 5.01. The van der Waals surface area contributed by atoms with Crippen molar-refractivity contribution in [2.75, 3.05) is 27.3 Å². The van der Waals surface area contributed by atoms with Crippen molar-refractivity contribution in [2.24, 2.45) is 5.92 Å². The Morgan fingerprint density at radius 1 is 1.13 bits per heavy atom. The van der Waals surface area contributed by atoms with E-state index in [1.807, 2.05) is 35.8 Å². The van der Waals surface area contributed by atoms with Gasteiger partial charge in [-0.25, -0.2) is 4.98 Å². The highest BCUT2D eigenvalue weighted by atomic mass is 16.5. The van der Waals surface area contributed by atoms with E-state index in [4.69, 9.17) is 18.9 Å². The van der Waals surface area contributed by atoms with Crippen molar-refractivity contribution in [3.8, 4) is 23.0 Å². The fraction of sp³-hybridized carbons (Fsp3) is 0.417. The van der Waals surface area contributed by atoms with Gasteiger partial charge in [-0.05, 0) is 43.5 Å². The van der Waals surface area contributed by atoms with E-state index < -0.39 is 0 Å². The average molecular weight is 421 g/mol. The largest absolute Gasteiger partial charge is 0.497 e. The van der Waals surface area contributed by atoms with Gasteiger partial charge in [0.15, 0.2) is 0 Å². The van der Waals surface area contributed by atoms with Gasteiger partial charge in [0, 0.05) is 43.9 Å². The van der Waals surface area contributed by atoms with Crippen molar-refractivity contribution in [3.63, 3.8) is 0 Å². The third kappa shape index (κ3) is 3.63. The Morgan fingerprint density at radius 3 is 2.81 bits per heavy atom. The van der Waals surface area contributed by atoms with E-state index in [0.717, 1.165) is 61.1 Å². The van der Waals surface area contributed by atoms with Crippen molar-refractivity contribution < 1.29 is 13.9 Å². The van der Waals surface area contributed by atoms with Crippen molar-refractivity contribution in [1.82, 2.24) is 14.5 Å². The number of ether oxygens (including phenoxy) is 2. The molecule has 1 fully saturated rings. The van der Waals surface area contributed by atoms with Crippen LogP contribution in [0.3, 0.4) is 0 Å². The zero-order chi connectivity index (χ0) is 21.5. The lowest BCUT2D eigenvalue weighted by Gasteiger charge is -2.42. The normalized spacial score (nSPS) is 20.4. The number of fused-ring (bicyclic) bond motifs is 4. The van der Waals surface area contributed by atoms with Crippen molar-refractivity contribution in [3.05, 3.63) is 63.9 Å². The molecule has 0 unspecified atom stereocenters. The quantitative estimate of drug-likeness (QED) is 0.629. The van der Waals surface area contributed by atoms with Gasteiger partial charge in [0.25, 0.3) is 5.56 Å². The third-order valence-corrected chi connectivity index (χ3v) is 6.46. The molecule has 3 aromatic rings. The number of pyridine rings is 1. The maximum absolute atomic E-state index is 12.3. The average Bonchev–Trinajstić information content (AvgIpc) is 3.14. The molecule has 0 amide bonds. The molecular formula is C24H27N3O4. The second kappa shape index (κ2) is 7.89. The molecule has 1 aromatic carbocycles. The van der Waals surface area contributed by atoms with E-state index in [-0.39, 0.29) is 5.56 Å². The van der Waals surface area contributed by atoms with Crippen LogP contribution in [0.25, 0.3) is 11.5 Å². The van der Waals surface area contributed by atoms with E-state index in [1.165, 1.54) is 0 Å². The van der Waals surface area contributed by atoms with Crippen molar-refractivity contribution in [1.29, 1.82) is 0 Å². The molecule has 0 aliphatic carbocycles. The first kappa shape index (κ1) is 19.9. The molecule has 0 saturated carbocycles. The van der Waals surface area contributed by atoms with Crippen LogP contribution in [0.4, 0.5) is 0 Å². The van der Waals surface area contributed by atoms with Crippen LogP contribution in [0.15, 0.2) is 45.6 Å². The summed E-state index contributed by atoms with van der Waals surface area (Å²) in [7, 11) is 3.27. The standard InChI is InChI=1S/C24H27N3O4/c1-15-20(25-24(31-15)19-10-18(29-2)7-8-22(19)30-3)14-26-11-16-9-17(13-26)21-5-4-6-23(28)27(21)12-16/h4-8,10,16-17H,9,11-14H2,1-3H3/t16-,17-/m0/s1. The number of oxazole rings is 1. The summed E-state index contributed by atoms with van der Waals surface area (Å²) in [6, 6.07) is 11.2. The summed E-state index contributed by atoms with van der Waals surface area (Å²) in [5, 5.41) is 0. The second-order valence-corrected chi connectivity index (χ2v) is 8.48. The maximum atomic E-state index is 12.3. The molecule has 2 aromatic heterocycles. The first-order valence-electron chi connectivity index (χ1n) is 10.7. The van der Waals surface area contributed by atoms with E-state index in [1.54, 1.807) is 20.3 Å². The SMILES string of the molecule is COc1ccc(OC)c(-c2nc(CN3C[C@@H]4C[C@@H](C3)c3cccc(=O)n3C4)c(C)o2)c1. The summed E-state index contributed by atoms with van der Waals surface area (Å²) in [5.74, 6) is 3.64. The molecule has 31 heavy (non-hydrogen) atoms. The van der Waals surface area contributed by atoms with Crippen LogP contribution < -0.4 is 15.0 Å². The highest BCUT2D eigenvalue weighted by Gasteiger charge is 2.35. The molecule has 0 radical (unpaired) electrons. The topological polar surface area (TPSA) is 69.7 Å². The summed E-state index contributed by atoms with van der Waals surface area (Å²) in [4.78, 5) is 19.5. The lowest BCUT2D eigenvalue weighted by molar-refractivity contribution is 0.113. The first-order chi connectivity index (χ1) is 15.1. The van der Waals surface area contributed by atoms with Crippen molar-refractivity contribution >= 4 is 0 Å². The zero-order valence-electron chi connectivity index (χ0n) is 18.1. The van der Waals surface area contributed by atoms with Gasteiger partial charge in [-0.3, -0.25) is 9.69 Å². The van der Waals surface area contributed by atoms with E-state index in [0.29, 0.717) is 23.5 Å². The minimum absolute atomic E-state index is 0.116. The molecule has 2 bridgehead atoms. The Morgan fingerprint density at radius 2 is 2.00 bits per heavy atom. The monoisotopic (exact) mass is 421 g/mol. The highest BCUT2D eigenvalue weighted by Crippen LogP contribution is 2.37. The van der Waals surface area contributed by atoms with Crippen molar-refractivity contribution in [2.45, 2.75) is 32.4 Å². The van der Waals surface area contributed by atoms with Crippen LogP contribution in [0.5, 0.6) is 11.5 Å². The minimum Gasteiger partial charge on any atom is -0.497 e. The number of hydrogen-bond donors (Lipinski definition) is 0. The highest BCUT2D eigenvalue weighted by molar-refractivity contribution is 5.65. The number of rotatable bonds is 5. The van der Waals surface area contributed by atoms with E-state index in [9.17, 15) is 4.79 Å². The summed E-state index contributed by atoms with van der Waals surface area (Å²) < 4.78 is 18.8. The van der Waals surface area contributed by atoms with Gasteiger partial charge in [0.05, 0.1) is 25.5 Å². The number of piperidine rings is 1. The number of aryl methyl sites for hydroxylation is 1. The Hall–Kier alpha value is -3.06. The maximum Gasteiger partial charge on any atom is 0.250 e. The molecule has 1 saturated heterocycles.